The number of amides is 1. The van der Waals surface area contributed by atoms with Crippen molar-refractivity contribution in [2.45, 2.75) is 27.2 Å². The van der Waals surface area contributed by atoms with Gasteiger partial charge in [0.05, 0.1) is 6.54 Å². The molecular weight excluding hydrogens is 152 g/mol. The SMILES string of the molecule is CNCC(=O)NCCC(C)(C)C. The molecule has 0 aliphatic heterocycles. The second kappa shape index (κ2) is 5.14. The Kier molecular flexibility index (Phi) is 4.90. The smallest absolute Gasteiger partial charge is 0.233 e. The first kappa shape index (κ1) is 11.4. The van der Waals surface area contributed by atoms with Crippen molar-refractivity contribution < 1.29 is 4.79 Å². The van der Waals surface area contributed by atoms with Crippen LogP contribution in [-0.4, -0.2) is 26.0 Å². The Balaban J connectivity index is 3.37. The van der Waals surface area contributed by atoms with Crippen LogP contribution < -0.4 is 10.6 Å². The number of carbonyl (C=O) groups is 1. The van der Waals surface area contributed by atoms with Crippen LogP contribution >= 0.6 is 0 Å². The number of carbonyl (C=O) groups excluding carboxylic acids is 1. The summed E-state index contributed by atoms with van der Waals surface area (Å²) in [5.41, 5.74) is 0.299. The van der Waals surface area contributed by atoms with E-state index in [4.69, 9.17) is 0 Å². The Labute approximate surface area is 74.9 Å². The molecule has 12 heavy (non-hydrogen) atoms. The molecule has 0 aliphatic rings. The standard InChI is InChI=1S/C9H20N2O/c1-9(2,3)5-6-11-8(12)7-10-4/h10H,5-7H2,1-4H3,(H,11,12). The maximum Gasteiger partial charge on any atom is 0.233 e. The van der Waals surface area contributed by atoms with Gasteiger partial charge in [-0.15, -0.1) is 0 Å². The van der Waals surface area contributed by atoms with Crippen LogP contribution in [0.5, 0.6) is 0 Å². The van der Waals surface area contributed by atoms with Crippen LogP contribution in [0.1, 0.15) is 27.2 Å². The van der Waals surface area contributed by atoms with E-state index in [9.17, 15) is 4.79 Å². The summed E-state index contributed by atoms with van der Waals surface area (Å²) in [6, 6.07) is 0. The zero-order valence-electron chi connectivity index (χ0n) is 8.53. The third-order valence-electron chi connectivity index (χ3n) is 1.53. The van der Waals surface area contributed by atoms with E-state index in [1.54, 1.807) is 7.05 Å². The molecule has 0 bridgehead atoms. The minimum atomic E-state index is 0.0711. The molecule has 0 aromatic carbocycles. The van der Waals surface area contributed by atoms with Crippen molar-refractivity contribution in [3.8, 4) is 0 Å². The van der Waals surface area contributed by atoms with E-state index in [0.717, 1.165) is 13.0 Å². The fourth-order valence-electron chi connectivity index (χ4n) is 0.800. The van der Waals surface area contributed by atoms with E-state index < -0.39 is 0 Å². The highest BCUT2D eigenvalue weighted by Crippen LogP contribution is 2.16. The molecule has 0 saturated carbocycles. The van der Waals surface area contributed by atoms with Crippen molar-refractivity contribution in [1.29, 1.82) is 0 Å². The molecule has 0 heterocycles. The van der Waals surface area contributed by atoms with Gasteiger partial charge in [0.1, 0.15) is 0 Å². The van der Waals surface area contributed by atoms with E-state index in [1.807, 2.05) is 0 Å². The van der Waals surface area contributed by atoms with Gasteiger partial charge in [-0.25, -0.2) is 0 Å². The molecule has 0 rings (SSSR count). The van der Waals surface area contributed by atoms with Crippen LogP contribution in [0.3, 0.4) is 0 Å². The second-order valence-corrected chi connectivity index (χ2v) is 4.19. The second-order valence-electron chi connectivity index (χ2n) is 4.19. The van der Waals surface area contributed by atoms with E-state index in [1.165, 1.54) is 0 Å². The van der Waals surface area contributed by atoms with Gasteiger partial charge < -0.3 is 10.6 Å². The highest BCUT2D eigenvalue weighted by molar-refractivity contribution is 5.77. The third kappa shape index (κ3) is 7.54. The number of hydrogen-bond donors (Lipinski definition) is 2. The number of likely N-dealkylation sites (N-methyl/N-ethyl adjacent to an activating group) is 1. The summed E-state index contributed by atoms with van der Waals surface area (Å²) in [4.78, 5) is 11.0. The largest absolute Gasteiger partial charge is 0.355 e. The van der Waals surface area contributed by atoms with Crippen molar-refractivity contribution >= 4 is 5.91 Å². The first-order valence-electron chi connectivity index (χ1n) is 4.37. The number of rotatable bonds is 4. The third-order valence-corrected chi connectivity index (χ3v) is 1.53. The summed E-state index contributed by atoms with van der Waals surface area (Å²) in [5, 5.41) is 5.64. The minimum Gasteiger partial charge on any atom is -0.355 e. The fourth-order valence-corrected chi connectivity index (χ4v) is 0.800. The van der Waals surface area contributed by atoms with E-state index in [-0.39, 0.29) is 5.91 Å². The summed E-state index contributed by atoms with van der Waals surface area (Å²) in [6.45, 7) is 7.67. The summed E-state index contributed by atoms with van der Waals surface area (Å²) in [6.07, 6.45) is 1.02. The Bertz CT molecular complexity index is 138. The summed E-state index contributed by atoms with van der Waals surface area (Å²) < 4.78 is 0. The Morgan fingerprint density at radius 3 is 2.33 bits per heavy atom. The molecule has 1 amide bonds. The van der Waals surface area contributed by atoms with Crippen molar-refractivity contribution in [3.63, 3.8) is 0 Å². The highest BCUT2D eigenvalue weighted by atomic mass is 16.1. The maximum atomic E-state index is 11.0. The van der Waals surface area contributed by atoms with Crippen molar-refractivity contribution in [3.05, 3.63) is 0 Å². The lowest BCUT2D eigenvalue weighted by molar-refractivity contribution is -0.120. The van der Waals surface area contributed by atoms with Gasteiger partial charge >= 0.3 is 0 Å². The van der Waals surface area contributed by atoms with E-state index in [0.29, 0.717) is 12.0 Å². The van der Waals surface area contributed by atoms with Crippen LogP contribution in [0, 0.1) is 5.41 Å². The molecule has 0 fully saturated rings. The lowest BCUT2D eigenvalue weighted by atomic mass is 9.92. The van der Waals surface area contributed by atoms with Gasteiger partial charge in [0.25, 0.3) is 0 Å². The number of hydrogen-bond acceptors (Lipinski definition) is 2. The van der Waals surface area contributed by atoms with Gasteiger partial charge in [-0.1, -0.05) is 20.8 Å². The molecular formula is C9H20N2O. The fraction of sp³-hybridized carbons (Fsp3) is 0.889. The molecule has 0 aliphatic carbocycles. The molecule has 0 spiro atoms. The van der Waals surface area contributed by atoms with Gasteiger partial charge in [0.15, 0.2) is 0 Å². The molecule has 0 aromatic rings. The van der Waals surface area contributed by atoms with E-state index >= 15 is 0 Å². The average Bonchev–Trinajstić information content (AvgIpc) is 1.84. The van der Waals surface area contributed by atoms with Gasteiger partial charge in [0, 0.05) is 6.54 Å². The molecule has 2 N–H and O–H groups in total. The van der Waals surface area contributed by atoms with Crippen LogP contribution in [0.15, 0.2) is 0 Å². The first-order valence-corrected chi connectivity index (χ1v) is 4.37. The summed E-state index contributed by atoms with van der Waals surface area (Å²) in [7, 11) is 1.77. The van der Waals surface area contributed by atoms with Crippen LogP contribution in [0.25, 0.3) is 0 Å². The van der Waals surface area contributed by atoms with Crippen molar-refractivity contribution in [1.82, 2.24) is 10.6 Å². The highest BCUT2D eigenvalue weighted by Gasteiger charge is 2.09. The molecule has 72 valence electrons. The van der Waals surface area contributed by atoms with Crippen molar-refractivity contribution in [2.24, 2.45) is 5.41 Å². The normalized spacial score (nSPS) is 11.3. The minimum absolute atomic E-state index is 0.0711. The molecule has 0 aromatic heterocycles. The summed E-state index contributed by atoms with van der Waals surface area (Å²) >= 11 is 0. The molecule has 0 atom stereocenters. The molecule has 3 nitrogen and oxygen atoms in total. The Morgan fingerprint density at radius 1 is 1.33 bits per heavy atom. The zero-order chi connectivity index (χ0) is 9.61. The van der Waals surface area contributed by atoms with Crippen molar-refractivity contribution in [2.75, 3.05) is 20.1 Å². The first-order chi connectivity index (χ1) is 5.45. The van der Waals surface area contributed by atoms with E-state index in [2.05, 4.69) is 31.4 Å². The van der Waals surface area contributed by atoms with Gasteiger partial charge in [-0.05, 0) is 18.9 Å². The van der Waals surface area contributed by atoms with Gasteiger partial charge in [-0.2, -0.15) is 0 Å². The van der Waals surface area contributed by atoms with Crippen LogP contribution in [0.2, 0.25) is 0 Å². The quantitative estimate of drug-likeness (QED) is 0.657. The Morgan fingerprint density at radius 2 is 1.92 bits per heavy atom. The molecule has 0 radical (unpaired) electrons. The molecule has 3 heteroatoms. The average molecular weight is 172 g/mol. The summed E-state index contributed by atoms with van der Waals surface area (Å²) in [5.74, 6) is 0.0711. The predicted molar refractivity (Wildman–Crippen MR) is 51.0 cm³/mol. The molecule has 0 unspecified atom stereocenters. The lowest BCUT2D eigenvalue weighted by Crippen LogP contribution is -2.33. The topological polar surface area (TPSA) is 41.1 Å². The van der Waals surface area contributed by atoms with Gasteiger partial charge in [0.2, 0.25) is 5.91 Å². The lowest BCUT2D eigenvalue weighted by Gasteiger charge is -2.17. The van der Waals surface area contributed by atoms with Crippen LogP contribution in [0.4, 0.5) is 0 Å². The maximum absolute atomic E-state index is 11.0. The molecule has 0 saturated heterocycles. The van der Waals surface area contributed by atoms with Gasteiger partial charge in [-0.3, -0.25) is 4.79 Å². The zero-order valence-corrected chi connectivity index (χ0v) is 8.53. The monoisotopic (exact) mass is 172 g/mol. The van der Waals surface area contributed by atoms with Crippen LogP contribution in [-0.2, 0) is 4.79 Å². The predicted octanol–water partition coefficient (Wildman–Crippen LogP) is 0.758. The number of nitrogens with one attached hydrogen (secondary N) is 2. The Hall–Kier alpha value is -0.570.